The molecule has 1 saturated carbocycles. The summed E-state index contributed by atoms with van der Waals surface area (Å²) in [6.07, 6.45) is 6.47. The van der Waals surface area contributed by atoms with Gasteiger partial charge in [0, 0.05) is 12.3 Å². The number of carbonyl (C=O) groups excluding carboxylic acids is 1. The topological polar surface area (TPSA) is 84.2 Å². The van der Waals surface area contributed by atoms with E-state index in [0.29, 0.717) is 12.4 Å². The lowest BCUT2D eigenvalue weighted by atomic mass is 9.82. The molecule has 2 bridgehead atoms. The molecule has 0 unspecified atom stereocenters. The Morgan fingerprint density at radius 3 is 2.54 bits per heavy atom. The standard InChI is InChI=1S/C20H21N3O3/c1-12-2-4-13(5-3-12)11-23-9-8-16(22-23)21-19(24)17-14-6-7-15(10-14)18(17)20(25)26/h2-9,14-15,17-18H,10-11H2,1H3,(H,25,26)(H,21,22,24)/t14-,15-,17+,18+/m0/s1. The normalized spacial score (nSPS) is 26.2. The summed E-state index contributed by atoms with van der Waals surface area (Å²) in [6, 6.07) is 9.94. The monoisotopic (exact) mass is 351 g/mol. The molecule has 0 aliphatic heterocycles. The number of hydrogen-bond acceptors (Lipinski definition) is 3. The lowest BCUT2D eigenvalue weighted by Crippen LogP contribution is -2.36. The van der Waals surface area contributed by atoms with Crippen molar-refractivity contribution in [1.29, 1.82) is 0 Å². The van der Waals surface area contributed by atoms with Crippen LogP contribution in [-0.4, -0.2) is 26.8 Å². The molecular formula is C20H21N3O3. The average Bonchev–Trinajstić information content (AvgIpc) is 3.32. The number of aryl methyl sites for hydroxylation is 1. The van der Waals surface area contributed by atoms with Gasteiger partial charge in [-0.2, -0.15) is 5.10 Å². The molecule has 0 radical (unpaired) electrons. The molecule has 4 rings (SSSR count). The van der Waals surface area contributed by atoms with Crippen molar-refractivity contribution in [3.8, 4) is 0 Å². The van der Waals surface area contributed by atoms with Crippen molar-refractivity contribution in [2.24, 2.45) is 23.7 Å². The van der Waals surface area contributed by atoms with Gasteiger partial charge in [-0.15, -0.1) is 0 Å². The number of aromatic nitrogens is 2. The molecule has 2 N–H and O–H groups in total. The van der Waals surface area contributed by atoms with Crippen molar-refractivity contribution in [2.45, 2.75) is 19.9 Å². The quantitative estimate of drug-likeness (QED) is 0.811. The number of anilines is 1. The predicted octanol–water partition coefficient (Wildman–Crippen LogP) is 2.70. The zero-order chi connectivity index (χ0) is 18.3. The lowest BCUT2D eigenvalue weighted by Gasteiger charge is -2.23. The van der Waals surface area contributed by atoms with Gasteiger partial charge in [-0.05, 0) is 30.7 Å². The van der Waals surface area contributed by atoms with Crippen LogP contribution in [0.4, 0.5) is 5.82 Å². The maximum absolute atomic E-state index is 12.7. The first-order valence-corrected chi connectivity index (χ1v) is 8.82. The predicted molar refractivity (Wildman–Crippen MR) is 96.5 cm³/mol. The fourth-order valence-electron chi connectivity index (χ4n) is 4.12. The molecule has 1 aromatic heterocycles. The van der Waals surface area contributed by atoms with Crippen LogP contribution in [0.25, 0.3) is 0 Å². The van der Waals surface area contributed by atoms with E-state index in [1.165, 1.54) is 5.56 Å². The fourth-order valence-corrected chi connectivity index (χ4v) is 4.12. The molecular weight excluding hydrogens is 330 g/mol. The maximum Gasteiger partial charge on any atom is 0.307 e. The van der Waals surface area contributed by atoms with Crippen LogP contribution < -0.4 is 5.32 Å². The summed E-state index contributed by atoms with van der Waals surface area (Å²) in [4.78, 5) is 24.2. The second-order valence-corrected chi connectivity index (χ2v) is 7.21. The van der Waals surface area contributed by atoms with Gasteiger partial charge < -0.3 is 10.4 Å². The molecule has 2 aliphatic rings. The number of nitrogens with zero attached hydrogens (tertiary/aromatic N) is 2. The number of nitrogens with one attached hydrogen (secondary N) is 1. The van der Waals surface area contributed by atoms with Gasteiger partial charge in [-0.25, -0.2) is 0 Å². The van der Waals surface area contributed by atoms with Gasteiger partial charge in [0.25, 0.3) is 0 Å². The van der Waals surface area contributed by atoms with E-state index in [1.807, 2.05) is 37.4 Å². The summed E-state index contributed by atoms with van der Waals surface area (Å²) in [5, 5.41) is 16.7. The first-order valence-electron chi connectivity index (χ1n) is 8.82. The van der Waals surface area contributed by atoms with Gasteiger partial charge in [0.1, 0.15) is 0 Å². The Morgan fingerprint density at radius 2 is 1.85 bits per heavy atom. The van der Waals surface area contributed by atoms with Crippen molar-refractivity contribution in [3.05, 3.63) is 59.8 Å². The number of carbonyl (C=O) groups is 2. The molecule has 26 heavy (non-hydrogen) atoms. The van der Waals surface area contributed by atoms with Crippen LogP contribution in [0.2, 0.25) is 0 Å². The summed E-state index contributed by atoms with van der Waals surface area (Å²) in [5.41, 5.74) is 2.33. The number of aliphatic carboxylic acids is 1. The Balaban J connectivity index is 1.44. The van der Waals surface area contributed by atoms with Crippen LogP contribution in [0.5, 0.6) is 0 Å². The molecule has 0 spiro atoms. The largest absolute Gasteiger partial charge is 0.481 e. The van der Waals surface area contributed by atoms with E-state index in [2.05, 4.69) is 22.5 Å². The maximum atomic E-state index is 12.7. The van der Waals surface area contributed by atoms with Crippen LogP contribution in [-0.2, 0) is 16.1 Å². The summed E-state index contributed by atoms with van der Waals surface area (Å²) in [7, 11) is 0. The van der Waals surface area contributed by atoms with Gasteiger partial charge in [0.15, 0.2) is 5.82 Å². The summed E-state index contributed by atoms with van der Waals surface area (Å²) < 4.78 is 1.76. The van der Waals surface area contributed by atoms with Crippen molar-refractivity contribution in [2.75, 3.05) is 5.32 Å². The molecule has 1 amide bonds. The third-order valence-corrected chi connectivity index (χ3v) is 5.40. The molecule has 4 atom stereocenters. The van der Waals surface area contributed by atoms with E-state index in [0.717, 1.165) is 12.0 Å². The zero-order valence-electron chi connectivity index (χ0n) is 14.5. The molecule has 0 saturated heterocycles. The van der Waals surface area contributed by atoms with E-state index in [1.54, 1.807) is 10.7 Å². The summed E-state index contributed by atoms with van der Waals surface area (Å²) in [6.45, 7) is 2.66. The molecule has 1 heterocycles. The van der Waals surface area contributed by atoms with Gasteiger partial charge >= 0.3 is 5.97 Å². The van der Waals surface area contributed by atoms with Gasteiger partial charge in [-0.3, -0.25) is 14.3 Å². The van der Waals surface area contributed by atoms with E-state index in [9.17, 15) is 14.7 Å². The number of amides is 1. The van der Waals surface area contributed by atoms with Gasteiger partial charge in [0.2, 0.25) is 5.91 Å². The third kappa shape index (κ3) is 3.03. The number of rotatable bonds is 5. The van der Waals surface area contributed by atoms with E-state index in [-0.39, 0.29) is 17.7 Å². The Bertz CT molecular complexity index is 869. The highest BCUT2D eigenvalue weighted by Gasteiger charge is 2.51. The molecule has 2 aromatic rings. The second-order valence-electron chi connectivity index (χ2n) is 7.21. The van der Waals surface area contributed by atoms with E-state index >= 15 is 0 Å². The van der Waals surface area contributed by atoms with Crippen LogP contribution in [0.15, 0.2) is 48.7 Å². The van der Waals surface area contributed by atoms with Crippen molar-refractivity contribution < 1.29 is 14.7 Å². The third-order valence-electron chi connectivity index (χ3n) is 5.40. The first-order chi connectivity index (χ1) is 12.5. The number of allylic oxidation sites excluding steroid dienone is 2. The first kappa shape index (κ1) is 16.6. The molecule has 6 nitrogen and oxygen atoms in total. The average molecular weight is 351 g/mol. The van der Waals surface area contributed by atoms with Gasteiger partial charge in [-0.1, -0.05) is 42.0 Å². The Hall–Kier alpha value is -2.89. The number of carboxylic acids is 1. The Kier molecular flexibility index (Phi) is 4.11. The smallest absolute Gasteiger partial charge is 0.307 e. The van der Waals surface area contributed by atoms with Crippen LogP contribution >= 0.6 is 0 Å². The summed E-state index contributed by atoms with van der Waals surface area (Å²) in [5.74, 6) is -1.88. The van der Waals surface area contributed by atoms with Crippen molar-refractivity contribution >= 4 is 17.7 Å². The van der Waals surface area contributed by atoms with Crippen LogP contribution in [0.1, 0.15) is 17.5 Å². The van der Waals surface area contributed by atoms with Crippen molar-refractivity contribution in [1.82, 2.24) is 9.78 Å². The number of hydrogen-bond donors (Lipinski definition) is 2. The number of carboxylic acid groups (broad SMARTS) is 1. The molecule has 1 aromatic carbocycles. The van der Waals surface area contributed by atoms with Gasteiger partial charge in [0.05, 0.1) is 18.4 Å². The minimum absolute atomic E-state index is 0.00995. The highest BCUT2D eigenvalue weighted by atomic mass is 16.4. The number of benzene rings is 1. The Morgan fingerprint density at radius 1 is 1.15 bits per heavy atom. The fraction of sp³-hybridized carbons (Fsp3) is 0.350. The van der Waals surface area contributed by atoms with E-state index in [4.69, 9.17) is 0 Å². The highest BCUT2D eigenvalue weighted by Crippen LogP contribution is 2.48. The summed E-state index contributed by atoms with van der Waals surface area (Å²) >= 11 is 0. The minimum atomic E-state index is -0.896. The second kappa shape index (κ2) is 6.44. The van der Waals surface area contributed by atoms with Crippen LogP contribution in [0.3, 0.4) is 0 Å². The zero-order valence-corrected chi connectivity index (χ0v) is 14.5. The molecule has 1 fully saturated rings. The van der Waals surface area contributed by atoms with Crippen molar-refractivity contribution in [3.63, 3.8) is 0 Å². The minimum Gasteiger partial charge on any atom is -0.481 e. The van der Waals surface area contributed by atoms with Crippen LogP contribution in [0, 0.1) is 30.6 Å². The SMILES string of the molecule is Cc1ccc(Cn2ccc(NC(=O)[C@H]3[C@H](C(=O)O)[C@H]4C=C[C@H]3C4)n2)cc1. The molecule has 2 aliphatic carbocycles. The number of fused-ring (bicyclic) bond motifs is 2. The molecule has 134 valence electrons. The highest BCUT2D eigenvalue weighted by molar-refractivity contribution is 5.95. The molecule has 6 heteroatoms. The van der Waals surface area contributed by atoms with E-state index < -0.39 is 17.8 Å². The lowest BCUT2D eigenvalue weighted by molar-refractivity contribution is -0.146. The Labute approximate surface area is 151 Å².